The molecule has 0 saturated carbocycles. The van der Waals surface area contributed by atoms with Gasteiger partial charge in [0.25, 0.3) is 0 Å². The summed E-state index contributed by atoms with van der Waals surface area (Å²) in [6.07, 6.45) is 20.2. The van der Waals surface area contributed by atoms with E-state index in [0.29, 0.717) is 32.1 Å². The first kappa shape index (κ1) is 51.8. The van der Waals surface area contributed by atoms with E-state index in [4.69, 9.17) is 29.6 Å². The summed E-state index contributed by atoms with van der Waals surface area (Å²) in [6.45, 7) is 2.39. The lowest BCUT2D eigenvalue weighted by Crippen LogP contribution is -2.43. The van der Waals surface area contributed by atoms with Crippen molar-refractivity contribution in [2.75, 3.05) is 19.8 Å². The molecule has 0 aromatic carbocycles. The number of hydrogen-bond donors (Lipinski definition) is 6. The van der Waals surface area contributed by atoms with Gasteiger partial charge in [0.1, 0.15) is 12.6 Å². The van der Waals surface area contributed by atoms with Crippen LogP contribution in [0.3, 0.4) is 0 Å². The van der Waals surface area contributed by atoms with E-state index >= 15 is 0 Å². The second kappa shape index (κ2) is 31.7. The molecule has 0 radical (unpaired) electrons. The fraction of sp³-hybridized carbons (Fsp3) is 0.825. The first-order chi connectivity index (χ1) is 26.8. The molecule has 0 aromatic heterocycles. The number of rotatable bonds is 34. The Morgan fingerprint density at radius 1 is 0.821 bits per heavy atom. The molecule has 56 heavy (non-hydrogen) atoms. The number of esters is 2. The number of aliphatic carboxylic acids is 1. The molecule has 8 atom stereocenters. The number of carbonyl (C=O) groups is 3. The van der Waals surface area contributed by atoms with Gasteiger partial charge in [-0.3, -0.25) is 23.4 Å². The summed E-state index contributed by atoms with van der Waals surface area (Å²) < 4.78 is 38.2. The van der Waals surface area contributed by atoms with Crippen molar-refractivity contribution in [3.8, 4) is 0 Å². The molecule has 1 rings (SSSR count). The number of phosphoric acid groups is 1. The number of ether oxygens (including phenoxy) is 3. The van der Waals surface area contributed by atoms with Crippen LogP contribution in [0.5, 0.6) is 0 Å². The zero-order valence-corrected chi connectivity index (χ0v) is 34.7. The van der Waals surface area contributed by atoms with Gasteiger partial charge < -0.3 is 45.3 Å². The Kier molecular flexibility index (Phi) is 29.4. The number of aliphatic hydroxyl groups is 3. The van der Waals surface area contributed by atoms with E-state index in [2.05, 4.69) is 18.4 Å². The number of phosphoric ester groups is 1. The first-order valence-electron chi connectivity index (χ1n) is 20.8. The van der Waals surface area contributed by atoms with Crippen molar-refractivity contribution < 1.29 is 67.5 Å². The molecule has 16 heteroatoms. The molecule has 0 amide bonds. The molecule has 1 aliphatic rings. The van der Waals surface area contributed by atoms with Crippen LogP contribution >= 0.6 is 7.82 Å². The number of aliphatic hydroxyl groups excluding tert-OH is 3. The van der Waals surface area contributed by atoms with Crippen LogP contribution < -0.4 is 5.73 Å². The summed E-state index contributed by atoms with van der Waals surface area (Å²) in [6, 6.07) is -1.56. The van der Waals surface area contributed by atoms with Gasteiger partial charge in [-0.05, 0) is 32.1 Å². The van der Waals surface area contributed by atoms with E-state index in [1.165, 1.54) is 38.5 Å². The highest BCUT2D eigenvalue weighted by Crippen LogP contribution is 2.43. The van der Waals surface area contributed by atoms with E-state index in [-0.39, 0.29) is 25.2 Å². The largest absolute Gasteiger partial charge is 0.480 e. The number of hydrogen-bond acceptors (Lipinski definition) is 13. The van der Waals surface area contributed by atoms with Crippen LogP contribution in [0, 0.1) is 5.92 Å². The Bertz CT molecular complexity index is 1170. The lowest BCUT2D eigenvalue weighted by molar-refractivity contribution is -0.199. The first-order valence-corrected chi connectivity index (χ1v) is 22.3. The predicted octanol–water partition coefficient (Wildman–Crippen LogP) is 6.39. The summed E-state index contributed by atoms with van der Waals surface area (Å²) >= 11 is 0. The maximum Gasteiger partial charge on any atom is 0.472 e. The van der Waals surface area contributed by atoms with E-state index in [0.717, 1.165) is 44.9 Å². The van der Waals surface area contributed by atoms with E-state index in [1.807, 2.05) is 12.2 Å². The normalized spacial score (nSPS) is 21.5. The van der Waals surface area contributed by atoms with Gasteiger partial charge in [-0.2, -0.15) is 0 Å². The fourth-order valence-electron chi connectivity index (χ4n) is 6.10. The molecule has 0 aliphatic carbocycles. The zero-order chi connectivity index (χ0) is 41.6. The van der Waals surface area contributed by atoms with Crippen LogP contribution in [0.25, 0.3) is 0 Å². The van der Waals surface area contributed by atoms with Crippen LogP contribution in [0.4, 0.5) is 0 Å². The summed E-state index contributed by atoms with van der Waals surface area (Å²) in [5.74, 6) is -2.94. The van der Waals surface area contributed by atoms with Crippen molar-refractivity contribution in [2.45, 2.75) is 185 Å². The lowest BCUT2D eigenvalue weighted by atomic mass is 9.87. The van der Waals surface area contributed by atoms with Crippen molar-refractivity contribution in [1.29, 1.82) is 0 Å². The molecule has 1 saturated heterocycles. The minimum atomic E-state index is -4.78. The van der Waals surface area contributed by atoms with Gasteiger partial charge in [0.2, 0.25) is 0 Å². The Balaban J connectivity index is 2.57. The van der Waals surface area contributed by atoms with Crippen LogP contribution in [0.2, 0.25) is 0 Å². The maximum atomic E-state index is 12.6. The van der Waals surface area contributed by atoms with E-state index in [1.54, 1.807) is 12.2 Å². The Labute approximate surface area is 333 Å². The molecule has 1 aliphatic heterocycles. The van der Waals surface area contributed by atoms with Crippen molar-refractivity contribution in [1.82, 2.24) is 0 Å². The topological polar surface area (TPSA) is 242 Å². The highest BCUT2D eigenvalue weighted by molar-refractivity contribution is 7.47. The number of nitrogens with two attached hydrogens (primary N) is 1. The van der Waals surface area contributed by atoms with Gasteiger partial charge in [0.15, 0.2) is 12.4 Å². The third-order valence-electron chi connectivity index (χ3n) is 9.50. The second-order valence-electron chi connectivity index (χ2n) is 14.7. The van der Waals surface area contributed by atoms with Gasteiger partial charge >= 0.3 is 25.7 Å². The molecule has 0 spiro atoms. The Morgan fingerprint density at radius 2 is 1.41 bits per heavy atom. The summed E-state index contributed by atoms with van der Waals surface area (Å²) in [5.41, 5.74) is 5.32. The monoisotopic (exact) mass is 821 g/mol. The van der Waals surface area contributed by atoms with Crippen molar-refractivity contribution in [3.63, 3.8) is 0 Å². The van der Waals surface area contributed by atoms with Gasteiger partial charge in [0, 0.05) is 25.2 Å². The van der Waals surface area contributed by atoms with E-state index < -0.39 is 82.3 Å². The fourth-order valence-corrected chi connectivity index (χ4v) is 6.88. The van der Waals surface area contributed by atoms with Gasteiger partial charge in [-0.15, -0.1) is 0 Å². The number of carboxylic acid groups (broad SMARTS) is 1. The molecule has 326 valence electrons. The standard InChI is InChI=1S/C40H72NO14P/c1-3-5-7-8-9-10-11-12-13-14-20-24-38(45)54-32(29-52-56(49,50)53-30-34(41)40(47)48)28-51-37(44)23-19-16-15-18-22-33-35(43)27-39(46)55-36(33)26-25-31(42)21-17-6-4-2/h15,18,25-26,31-36,39,42-43,46H,3-14,16-17,19-24,27-30,41H2,1-2H3,(H,47,48)(H,49,50)/b18-15-,26-25+/t31-,32+,33-,34-,35-,36+,39?/m0/s1. The average molecular weight is 822 g/mol. The van der Waals surface area contributed by atoms with E-state index in [9.17, 15) is 39.2 Å². The molecule has 7 N–H and O–H groups in total. The maximum absolute atomic E-state index is 12.6. The molecular formula is C40H72NO14P. The van der Waals surface area contributed by atoms with Crippen LogP contribution in [0.1, 0.15) is 149 Å². The minimum absolute atomic E-state index is 0.0297. The molecule has 15 nitrogen and oxygen atoms in total. The van der Waals surface area contributed by atoms with Crippen molar-refractivity contribution in [3.05, 3.63) is 24.3 Å². The van der Waals surface area contributed by atoms with Crippen molar-refractivity contribution >= 4 is 25.7 Å². The molecule has 0 aromatic rings. The van der Waals surface area contributed by atoms with Gasteiger partial charge in [-0.25, -0.2) is 4.57 Å². The zero-order valence-electron chi connectivity index (χ0n) is 33.8. The summed E-state index contributed by atoms with van der Waals surface area (Å²) in [7, 11) is -4.78. The summed E-state index contributed by atoms with van der Waals surface area (Å²) in [5, 5.41) is 39.8. The van der Waals surface area contributed by atoms with Crippen molar-refractivity contribution in [2.24, 2.45) is 11.7 Å². The third-order valence-corrected chi connectivity index (χ3v) is 10.4. The lowest BCUT2D eigenvalue weighted by Gasteiger charge is -2.36. The number of carbonyl (C=O) groups excluding carboxylic acids is 2. The molecule has 0 bridgehead atoms. The molecule has 1 heterocycles. The number of carboxylic acids is 1. The Morgan fingerprint density at radius 3 is 2.05 bits per heavy atom. The van der Waals surface area contributed by atoms with Crippen LogP contribution in [-0.4, -0.2) is 99.8 Å². The SMILES string of the molecule is CCCCCCCCCCCCCC(=O)O[C@H](COC(=O)CCC/C=C\C[C@H]1[C@@H](O)CC(O)O[C@@H]1/C=C/[C@@H](O)CCCCC)COP(=O)(O)OC[C@H](N)C(=O)O. The highest BCUT2D eigenvalue weighted by Gasteiger charge is 2.35. The molecule has 2 unspecified atom stereocenters. The smallest absolute Gasteiger partial charge is 0.472 e. The summed E-state index contributed by atoms with van der Waals surface area (Å²) in [4.78, 5) is 46.0. The average Bonchev–Trinajstić information content (AvgIpc) is 3.15. The third kappa shape index (κ3) is 26.7. The molecule has 1 fully saturated rings. The highest BCUT2D eigenvalue weighted by atomic mass is 31.2. The molecular weight excluding hydrogens is 749 g/mol. The second-order valence-corrected chi connectivity index (χ2v) is 16.1. The number of unbranched alkanes of at least 4 members (excludes halogenated alkanes) is 13. The van der Waals surface area contributed by atoms with Crippen LogP contribution in [0.15, 0.2) is 24.3 Å². The van der Waals surface area contributed by atoms with Gasteiger partial charge in [-0.1, -0.05) is 122 Å². The predicted molar refractivity (Wildman–Crippen MR) is 211 cm³/mol. The van der Waals surface area contributed by atoms with Gasteiger partial charge in [0.05, 0.1) is 31.5 Å². The quantitative estimate of drug-likeness (QED) is 0.0178. The Hall–Kier alpha value is -2.20. The minimum Gasteiger partial charge on any atom is -0.480 e. The number of allylic oxidation sites excluding steroid dienone is 2. The van der Waals surface area contributed by atoms with Crippen LogP contribution in [-0.2, 0) is 42.2 Å².